The SMILES string of the molecule is CCS(=O)(=O)CCNC(=NC)NCCN(C)CCCOC. The minimum absolute atomic E-state index is 0.126. The van der Waals surface area contributed by atoms with Gasteiger partial charge in [0.25, 0.3) is 0 Å². The first kappa shape index (κ1) is 20.1. The summed E-state index contributed by atoms with van der Waals surface area (Å²) in [6, 6.07) is 0. The van der Waals surface area contributed by atoms with Gasteiger partial charge in [0.2, 0.25) is 0 Å². The molecule has 0 atom stereocenters. The summed E-state index contributed by atoms with van der Waals surface area (Å²) in [5, 5.41) is 6.17. The number of hydrogen-bond acceptors (Lipinski definition) is 5. The zero-order valence-corrected chi connectivity index (χ0v) is 14.5. The highest BCUT2D eigenvalue weighted by atomic mass is 32.2. The van der Waals surface area contributed by atoms with Gasteiger partial charge in [-0.1, -0.05) is 6.92 Å². The summed E-state index contributed by atoms with van der Waals surface area (Å²) in [5.74, 6) is 0.931. The second-order valence-electron chi connectivity index (χ2n) is 4.81. The molecule has 0 saturated heterocycles. The molecule has 0 aromatic heterocycles. The minimum Gasteiger partial charge on any atom is -0.385 e. The molecule has 0 saturated carbocycles. The van der Waals surface area contributed by atoms with E-state index in [2.05, 4.69) is 27.6 Å². The number of rotatable bonds is 11. The number of sulfone groups is 1. The number of aliphatic imine (C=N–C) groups is 1. The van der Waals surface area contributed by atoms with E-state index < -0.39 is 9.84 Å². The molecule has 0 aliphatic carbocycles. The van der Waals surface area contributed by atoms with Gasteiger partial charge in [-0.05, 0) is 13.5 Å². The Morgan fingerprint density at radius 2 is 1.90 bits per heavy atom. The number of hydrogen-bond donors (Lipinski definition) is 2. The smallest absolute Gasteiger partial charge is 0.191 e. The van der Waals surface area contributed by atoms with Crippen molar-refractivity contribution in [2.45, 2.75) is 13.3 Å². The standard InChI is InChI=1S/C13H30N4O3S/c1-5-21(18,19)12-8-16-13(14-2)15-7-10-17(3)9-6-11-20-4/h5-12H2,1-4H3,(H2,14,15,16). The van der Waals surface area contributed by atoms with Crippen molar-refractivity contribution in [2.24, 2.45) is 4.99 Å². The second-order valence-corrected chi connectivity index (χ2v) is 7.28. The van der Waals surface area contributed by atoms with E-state index in [-0.39, 0.29) is 11.5 Å². The maximum absolute atomic E-state index is 11.4. The van der Waals surface area contributed by atoms with Crippen molar-refractivity contribution in [3.05, 3.63) is 0 Å². The molecule has 0 amide bonds. The summed E-state index contributed by atoms with van der Waals surface area (Å²) in [6.07, 6.45) is 1.01. The second kappa shape index (κ2) is 11.8. The first-order valence-corrected chi connectivity index (χ1v) is 9.09. The zero-order valence-electron chi connectivity index (χ0n) is 13.7. The fraction of sp³-hybridized carbons (Fsp3) is 0.923. The monoisotopic (exact) mass is 322 g/mol. The number of nitrogens with one attached hydrogen (secondary N) is 2. The van der Waals surface area contributed by atoms with Gasteiger partial charge in [-0.25, -0.2) is 8.42 Å². The molecule has 7 nitrogen and oxygen atoms in total. The number of guanidine groups is 1. The van der Waals surface area contributed by atoms with Gasteiger partial charge < -0.3 is 20.3 Å². The minimum atomic E-state index is -2.94. The third-order valence-corrected chi connectivity index (χ3v) is 4.75. The van der Waals surface area contributed by atoms with E-state index >= 15 is 0 Å². The Bertz CT molecular complexity index is 385. The van der Waals surface area contributed by atoms with Crippen LogP contribution in [0, 0.1) is 0 Å². The van der Waals surface area contributed by atoms with Gasteiger partial charge in [-0.3, -0.25) is 4.99 Å². The molecule has 2 N–H and O–H groups in total. The van der Waals surface area contributed by atoms with Crippen LogP contribution >= 0.6 is 0 Å². The van der Waals surface area contributed by atoms with E-state index in [9.17, 15) is 8.42 Å². The molecule has 0 aliphatic heterocycles. The Morgan fingerprint density at radius 1 is 1.24 bits per heavy atom. The van der Waals surface area contributed by atoms with Gasteiger partial charge in [0.1, 0.15) is 0 Å². The predicted molar refractivity (Wildman–Crippen MR) is 87.7 cm³/mol. The maximum atomic E-state index is 11.4. The Hall–Kier alpha value is -0.860. The molecule has 0 radical (unpaired) electrons. The Kier molecular flexibility index (Phi) is 11.3. The number of likely N-dealkylation sites (N-methyl/N-ethyl adjacent to an activating group) is 1. The van der Waals surface area contributed by atoms with Crippen LogP contribution in [-0.4, -0.2) is 84.8 Å². The van der Waals surface area contributed by atoms with Crippen LogP contribution in [0.4, 0.5) is 0 Å². The van der Waals surface area contributed by atoms with E-state index in [1.807, 2.05) is 0 Å². The van der Waals surface area contributed by atoms with Crippen molar-refractivity contribution in [2.75, 3.05) is 65.5 Å². The first-order chi connectivity index (χ1) is 9.95. The Labute approximate surface area is 129 Å². The van der Waals surface area contributed by atoms with Gasteiger partial charge in [-0.2, -0.15) is 0 Å². The summed E-state index contributed by atoms with van der Waals surface area (Å²) < 4.78 is 27.8. The molecule has 8 heteroatoms. The van der Waals surface area contributed by atoms with Gasteiger partial charge in [0.15, 0.2) is 15.8 Å². The van der Waals surface area contributed by atoms with Gasteiger partial charge in [-0.15, -0.1) is 0 Å². The summed E-state index contributed by atoms with van der Waals surface area (Å²) in [7, 11) is 2.50. The molecule has 0 fully saturated rings. The summed E-state index contributed by atoms with van der Waals surface area (Å²) >= 11 is 0. The highest BCUT2D eigenvalue weighted by Crippen LogP contribution is 1.88. The summed E-state index contributed by atoms with van der Waals surface area (Å²) in [4.78, 5) is 6.28. The molecule has 0 aliphatic rings. The van der Waals surface area contributed by atoms with E-state index in [0.717, 1.165) is 32.7 Å². The summed E-state index contributed by atoms with van der Waals surface area (Å²) in [6.45, 7) is 5.42. The topological polar surface area (TPSA) is 83.0 Å². The van der Waals surface area contributed by atoms with Crippen LogP contribution in [0.5, 0.6) is 0 Å². The van der Waals surface area contributed by atoms with Crippen LogP contribution in [0.15, 0.2) is 4.99 Å². The molecule has 126 valence electrons. The lowest BCUT2D eigenvalue weighted by Crippen LogP contribution is -2.42. The van der Waals surface area contributed by atoms with Crippen LogP contribution in [0.3, 0.4) is 0 Å². The molecule has 0 unspecified atom stereocenters. The van der Waals surface area contributed by atoms with Gasteiger partial charge >= 0.3 is 0 Å². The van der Waals surface area contributed by atoms with E-state index in [1.54, 1.807) is 21.1 Å². The molecule has 0 spiro atoms. The van der Waals surface area contributed by atoms with Gasteiger partial charge in [0.05, 0.1) is 5.75 Å². The highest BCUT2D eigenvalue weighted by Gasteiger charge is 2.07. The lowest BCUT2D eigenvalue weighted by Gasteiger charge is -2.18. The normalized spacial score (nSPS) is 12.7. The molecule has 0 aromatic carbocycles. The highest BCUT2D eigenvalue weighted by molar-refractivity contribution is 7.91. The van der Waals surface area contributed by atoms with Crippen LogP contribution in [0.25, 0.3) is 0 Å². The number of methoxy groups -OCH3 is 1. The average molecular weight is 322 g/mol. The maximum Gasteiger partial charge on any atom is 0.191 e. The molecule has 0 bridgehead atoms. The lowest BCUT2D eigenvalue weighted by atomic mass is 10.4. The van der Waals surface area contributed by atoms with E-state index in [0.29, 0.717) is 12.5 Å². The Morgan fingerprint density at radius 3 is 2.48 bits per heavy atom. The van der Waals surface area contributed by atoms with Crippen molar-refractivity contribution in [3.8, 4) is 0 Å². The lowest BCUT2D eigenvalue weighted by molar-refractivity contribution is 0.180. The molecular weight excluding hydrogens is 292 g/mol. The van der Waals surface area contributed by atoms with Crippen molar-refractivity contribution in [3.63, 3.8) is 0 Å². The van der Waals surface area contributed by atoms with Crippen LogP contribution < -0.4 is 10.6 Å². The fourth-order valence-electron chi connectivity index (χ4n) is 1.65. The van der Waals surface area contributed by atoms with Gasteiger partial charge in [0, 0.05) is 52.7 Å². The zero-order chi connectivity index (χ0) is 16.1. The van der Waals surface area contributed by atoms with Crippen LogP contribution in [0.2, 0.25) is 0 Å². The molecule has 0 aromatic rings. The largest absolute Gasteiger partial charge is 0.385 e. The third kappa shape index (κ3) is 11.5. The fourth-order valence-corrected chi connectivity index (χ4v) is 2.35. The van der Waals surface area contributed by atoms with Crippen molar-refractivity contribution in [1.29, 1.82) is 0 Å². The number of ether oxygens (including phenoxy) is 1. The van der Waals surface area contributed by atoms with E-state index in [4.69, 9.17) is 4.74 Å². The average Bonchev–Trinajstić information content (AvgIpc) is 2.45. The van der Waals surface area contributed by atoms with Crippen molar-refractivity contribution < 1.29 is 13.2 Å². The van der Waals surface area contributed by atoms with Crippen molar-refractivity contribution in [1.82, 2.24) is 15.5 Å². The Balaban J connectivity index is 3.81. The van der Waals surface area contributed by atoms with E-state index in [1.165, 1.54) is 0 Å². The van der Waals surface area contributed by atoms with Crippen molar-refractivity contribution >= 4 is 15.8 Å². The molecule has 0 rings (SSSR count). The predicted octanol–water partition coefficient (Wildman–Crippen LogP) is -0.446. The van der Waals surface area contributed by atoms with Crippen LogP contribution in [-0.2, 0) is 14.6 Å². The molecule has 0 heterocycles. The molecular formula is C13H30N4O3S. The molecule has 21 heavy (non-hydrogen) atoms. The number of nitrogens with zero attached hydrogens (tertiary/aromatic N) is 2. The van der Waals surface area contributed by atoms with Crippen LogP contribution in [0.1, 0.15) is 13.3 Å². The third-order valence-electron chi connectivity index (χ3n) is 3.04. The first-order valence-electron chi connectivity index (χ1n) is 7.27. The summed E-state index contributed by atoms with van der Waals surface area (Å²) in [5.41, 5.74) is 0. The quantitative estimate of drug-likeness (QED) is 0.305.